The zero-order chi connectivity index (χ0) is 23.8. The van der Waals surface area contributed by atoms with Crippen LogP contribution in [0.2, 0.25) is 0 Å². The molecule has 12 heteroatoms. The van der Waals surface area contributed by atoms with E-state index in [2.05, 4.69) is 15.5 Å². The molecule has 33 heavy (non-hydrogen) atoms. The monoisotopic (exact) mass is 473 g/mol. The summed E-state index contributed by atoms with van der Waals surface area (Å²) in [5, 5.41) is 22.7. The van der Waals surface area contributed by atoms with E-state index in [1.807, 2.05) is 11.5 Å². The fraction of sp³-hybridized carbons (Fsp3) is 0.286. The molecule has 11 nitrogen and oxygen atoms in total. The number of thioether (sulfide) groups is 1. The molecule has 3 aromatic rings. The predicted molar refractivity (Wildman–Crippen MR) is 122 cm³/mol. The number of methoxy groups -OCH3 is 2. The first-order valence-electron chi connectivity index (χ1n) is 9.89. The molecule has 0 unspecified atom stereocenters. The predicted octanol–water partition coefficient (Wildman–Crippen LogP) is 3.53. The molecule has 0 saturated heterocycles. The molecule has 1 N–H and O–H groups in total. The summed E-state index contributed by atoms with van der Waals surface area (Å²) < 4.78 is 17.7. The first kappa shape index (κ1) is 23.9. The van der Waals surface area contributed by atoms with Crippen LogP contribution in [0.15, 0.2) is 47.6 Å². The van der Waals surface area contributed by atoms with Crippen molar-refractivity contribution in [3.05, 3.63) is 58.4 Å². The fourth-order valence-corrected chi connectivity index (χ4v) is 3.70. The van der Waals surface area contributed by atoms with Gasteiger partial charge < -0.3 is 24.1 Å². The molecule has 0 bridgehead atoms. The van der Waals surface area contributed by atoms with E-state index in [9.17, 15) is 14.9 Å². The lowest BCUT2D eigenvalue weighted by molar-refractivity contribution is -0.384. The number of nitro groups is 1. The van der Waals surface area contributed by atoms with Crippen molar-refractivity contribution >= 4 is 29.0 Å². The van der Waals surface area contributed by atoms with Gasteiger partial charge in [0.25, 0.3) is 5.69 Å². The normalized spacial score (nSPS) is 10.5. The summed E-state index contributed by atoms with van der Waals surface area (Å²) in [6, 6.07) is 11.4. The van der Waals surface area contributed by atoms with Gasteiger partial charge in [-0.15, -0.1) is 10.2 Å². The quantitative estimate of drug-likeness (QED) is 0.252. The minimum atomic E-state index is -0.575. The third kappa shape index (κ3) is 6.13. The molecular formula is C21H23N5O6S. The number of nitrogens with zero attached hydrogens (tertiary/aromatic N) is 4. The summed E-state index contributed by atoms with van der Waals surface area (Å²) in [7, 11) is 3.01. The van der Waals surface area contributed by atoms with Crippen molar-refractivity contribution in [1.29, 1.82) is 0 Å². The van der Waals surface area contributed by atoms with Crippen LogP contribution in [0.4, 0.5) is 11.4 Å². The SMILES string of the molecule is CCn1c(COc2ccc(OC)cc2)nnc1SCC(=O)Nc1ccc(OC)cc1[N+](=O)[O-]. The Labute approximate surface area is 194 Å². The Morgan fingerprint density at radius 2 is 1.76 bits per heavy atom. The van der Waals surface area contributed by atoms with Gasteiger partial charge in [0.1, 0.15) is 29.5 Å². The molecule has 1 heterocycles. The van der Waals surface area contributed by atoms with Crippen LogP contribution >= 0.6 is 11.8 Å². The molecular weight excluding hydrogens is 450 g/mol. The van der Waals surface area contributed by atoms with Gasteiger partial charge in [-0.3, -0.25) is 14.9 Å². The Hall–Kier alpha value is -3.80. The van der Waals surface area contributed by atoms with Gasteiger partial charge in [0.2, 0.25) is 5.91 Å². The van der Waals surface area contributed by atoms with E-state index in [4.69, 9.17) is 14.2 Å². The summed E-state index contributed by atoms with van der Waals surface area (Å²) >= 11 is 1.18. The van der Waals surface area contributed by atoms with Crippen molar-refractivity contribution in [2.75, 3.05) is 25.3 Å². The zero-order valence-electron chi connectivity index (χ0n) is 18.3. The molecule has 0 aliphatic carbocycles. The van der Waals surface area contributed by atoms with Crippen LogP contribution in [0.5, 0.6) is 17.2 Å². The Kier molecular flexibility index (Phi) is 8.08. The third-order valence-electron chi connectivity index (χ3n) is 4.55. The number of nitrogens with one attached hydrogen (secondary N) is 1. The lowest BCUT2D eigenvalue weighted by atomic mass is 10.2. The van der Waals surface area contributed by atoms with E-state index < -0.39 is 10.8 Å². The molecule has 174 valence electrons. The maximum Gasteiger partial charge on any atom is 0.296 e. The number of nitro benzene ring substituents is 1. The number of benzene rings is 2. The number of aromatic nitrogens is 3. The summed E-state index contributed by atoms with van der Waals surface area (Å²) in [6.07, 6.45) is 0. The van der Waals surface area contributed by atoms with Gasteiger partial charge in [-0.05, 0) is 43.3 Å². The molecule has 0 saturated carbocycles. The summed E-state index contributed by atoms with van der Waals surface area (Å²) in [4.78, 5) is 23.1. The molecule has 0 aliphatic rings. The van der Waals surface area contributed by atoms with Gasteiger partial charge in [-0.2, -0.15) is 0 Å². The highest BCUT2D eigenvalue weighted by Gasteiger charge is 2.19. The number of hydrogen-bond donors (Lipinski definition) is 1. The van der Waals surface area contributed by atoms with Gasteiger partial charge >= 0.3 is 0 Å². The first-order chi connectivity index (χ1) is 15.9. The van der Waals surface area contributed by atoms with Crippen molar-refractivity contribution in [2.24, 2.45) is 0 Å². The number of ether oxygens (including phenoxy) is 3. The van der Waals surface area contributed by atoms with E-state index in [1.165, 1.54) is 31.0 Å². The van der Waals surface area contributed by atoms with Crippen LogP contribution in [0.3, 0.4) is 0 Å². The van der Waals surface area contributed by atoms with Crippen LogP contribution in [0.1, 0.15) is 12.7 Å². The number of amides is 1. The summed E-state index contributed by atoms with van der Waals surface area (Å²) in [6.45, 7) is 2.73. The Morgan fingerprint density at radius 1 is 1.09 bits per heavy atom. The number of carbonyl (C=O) groups excluding carboxylic acids is 1. The second-order valence-electron chi connectivity index (χ2n) is 6.58. The Bertz CT molecular complexity index is 1120. The van der Waals surface area contributed by atoms with Crippen molar-refractivity contribution in [3.8, 4) is 17.2 Å². The highest BCUT2D eigenvalue weighted by Crippen LogP contribution is 2.29. The van der Waals surface area contributed by atoms with E-state index in [-0.39, 0.29) is 23.7 Å². The third-order valence-corrected chi connectivity index (χ3v) is 5.51. The average molecular weight is 474 g/mol. The second kappa shape index (κ2) is 11.2. The van der Waals surface area contributed by atoms with Gasteiger partial charge in [0.05, 0.1) is 31.0 Å². The zero-order valence-corrected chi connectivity index (χ0v) is 19.1. The highest BCUT2D eigenvalue weighted by atomic mass is 32.2. The molecule has 0 spiro atoms. The minimum Gasteiger partial charge on any atom is -0.497 e. The van der Waals surface area contributed by atoms with Gasteiger partial charge in [0, 0.05) is 6.54 Å². The molecule has 1 aromatic heterocycles. The first-order valence-corrected chi connectivity index (χ1v) is 10.9. The molecule has 0 fully saturated rings. The van der Waals surface area contributed by atoms with E-state index >= 15 is 0 Å². The number of anilines is 1. The van der Waals surface area contributed by atoms with E-state index in [0.29, 0.717) is 29.0 Å². The van der Waals surface area contributed by atoms with Crippen molar-refractivity contribution < 1.29 is 23.9 Å². The minimum absolute atomic E-state index is 0.000649. The number of hydrogen-bond acceptors (Lipinski definition) is 9. The van der Waals surface area contributed by atoms with E-state index in [0.717, 1.165) is 5.75 Å². The molecule has 1 amide bonds. The van der Waals surface area contributed by atoms with Crippen molar-refractivity contribution in [3.63, 3.8) is 0 Å². The van der Waals surface area contributed by atoms with Crippen molar-refractivity contribution in [2.45, 2.75) is 25.2 Å². The molecule has 2 aromatic carbocycles. The second-order valence-corrected chi connectivity index (χ2v) is 7.53. The van der Waals surface area contributed by atoms with Crippen LogP contribution in [-0.4, -0.2) is 45.6 Å². The van der Waals surface area contributed by atoms with Crippen molar-refractivity contribution in [1.82, 2.24) is 14.8 Å². The molecule has 0 aliphatic heterocycles. The fourth-order valence-electron chi connectivity index (χ4n) is 2.88. The lowest BCUT2D eigenvalue weighted by Gasteiger charge is -2.10. The highest BCUT2D eigenvalue weighted by molar-refractivity contribution is 7.99. The van der Waals surface area contributed by atoms with Crippen LogP contribution in [-0.2, 0) is 17.9 Å². The maximum absolute atomic E-state index is 12.4. The Balaban J connectivity index is 1.60. The van der Waals surface area contributed by atoms with Crippen LogP contribution in [0, 0.1) is 10.1 Å². The largest absolute Gasteiger partial charge is 0.497 e. The molecule has 3 rings (SSSR count). The summed E-state index contributed by atoms with van der Waals surface area (Å²) in [5.74, 6) is 1.93. The lowest BCUT2D eigenvalue weighted by Crippen LogP contribution is -2.16. The Morgan fingerprint density at radius 3 is 2.39 bits per heavy atom. The number of carbonyl (C=O) groups is 1. The number of rotatable bonds is 11. The van der Waals surface area contributed by atoms with Gasteiger partial charge in [-0.25, -0.2) is 0 Å². The van der Waals surface area contributed by atoms with Crippen LogP contribution < -0.4 is 19.5 Å². The molecule has 0 atom stereocenters. The van der Waals surface area contributed by atoms with Gasteiger partial charge in [0.15, 0.2) is 11.0 Å². The standard InChI is InChI=1S/C21H23N5O6S/c1-4-25-19(12-32-15-7-5-14(30-2)6-8-15)23-24-21(25)33-13-20(27)22-17-10-9-16(31-3)11-18(17)26(28)29/h5-11H,4,12-13H2,1-3H3,(H,22,27). The maximum atomic E-state index is 12.4. The topological polar surface area (TPSA) is 131 Å². The average Bonchev–Trinajstić information content (AvgIpc) is 3.23. The van der Waals surface area contributed by atoms with Crippen LogP contribution in [0.25, 0.3) is 0 Å². The van der Waals surface area contributed by atoms with Gasteiger partial charge in [-0.1, -0.05) is 11.8 Å². The summed E-state index contributed by atoms with van der Waals surface area (Å²) in [5.41, 5.74) is -0.153. The van der Waals surface area contributed by atoms with E-state index in [1.54, 1.807) is 37.4 Å². The molecule has 0 radical (unpaired) electrons. The smallest absolute Gasteiger partial charge is 0.296 e.